The average Bonchev–Trinajstić information content (AvgIpc) is 2.64. The topological polar surface area (TPSA) is 38.0 Å². The van der Waals surface area contributed by atoms with Gasteiger partial charge < -0.3 is 5.11 Å². The van der Waals surface area contributed by atoms with E-state index in [4.69, 9.17) is 0 Å². The molecule has 0 saturated carbocycles. The zero-order valence-electron chi connectivity index (χ0n) is 9.59. The molecule has 0 fully saturated rings. The van der Waals surface area contributed by atoms with Crippen LogP contribution in [0.25, 0.3) is 0 Å². The summed E-state index contributed by atoms with van der Waals surface area (Å²) in [5.74, 6) is 0. The summed E-state index contributed by atoms with van der Waals surface area (Å²) in [6.07, 6.45) is 1.97. The smallest absolute Gasteiger partial charge is 0.0846 e. The number of rotatable bonds is 3. The van der Waals surface area contributed by atoms with E-state index in [2.05, 4.69) is 5.10 Å². The van der Waals surface area contributed by atoms with Crippen molar-refractivity contribution in [3.63, 3.8) is 0 Å². The molecule has 1 aromatic heterocycles. The fourth-order valence-corrected chi connectivity index (χ4v) is 1.77. The van der Waals surface area contributed by atoms with Gasteiger partial charge in [-0.3, -0.25) is 4.68 Å². The number of aliphatic hydroxyl groups is 1. The summed E-state index contributed by atoms with van der Waals surface area (Å²) in [6.45, 7) is 2.02. The molecule has 1 N–H and O–H groups in total. The lowest BCUT2D eigenvalue weighted by molar-refractivity contribution is 0.177. The van der Waals surface area contributed by atoms with Crippen molar-refractivity contribution in [3.8, 4) is 0 Å². The number of aliphatic hydroxyl groups excluding tert-OH is 1. The fraction of sp³-hybridized carbons (Fsp3) is 0.308. The van der Waals surface area contributed by atoms with E-state index in [0.717, 1.165) is 16.8 Å². The first kappa shape index (κ1) is 10.9. The van der Waals surface area contributed by atoms with Crippen LogP contribution >= 0.6 is 0 Å². The third-order valence-corrected chi connectivity index (χ3v) is 2.60. The molecule has 1 aromatic carbocycles. The number of aryl methyl sites for hydroxylation is 2. The van der Waals surface area contributed by atoms with Crippen molar-refractivity contribution in [3.05, 3.63) is 53.3 Å². The van der Waals surface area contributed by atoms with Gasteiger partial charge in [-0.15, -0.1) is 0 Å². The van der Waals surface area contributed by atoms with Gasteiger partial charge >= 0.3 is 0 Å². The SMILES string of the molecule is Cc1cccc(C(O)Cc2ccn(C)n2)c1. The normalized spacial score (nSPS) is 12.7. The van der Waals surface area contributed by atoms with Crippen LogP contribution in [0.2, 0.25) is 0 Å². The van der Waals surface area contributed by atoms with Gasteiger partial charge in [-0.2, -0.15) is 5.10 Å². The highest BCUT2D eigenvalue weighted by atomic mass is 16.3. The second kappa shape index (κ2) is 4.49. The summed E-state index contributed by atoms with van der Waals surface area (Å²) in [5, 5.41) is 14.3. The molecule has 3 nitrogen and oxygen atoms in total. The zero-order valence-corrected chi connectivity index (χ0v) is 9.59. The first-order chi connectivity index (χ1) is 7.65. The van der Waals surface area contributed by atoms with Crippen molar-refractivity contribution in [2.24, 2.45) is 7.05 Å². The summed E-state index contributed by atoms with van der Waals surface area (Å²) in [7, 11) is 1.88. The van der Waals surface area contributed by atoms with Crippen molar-refractivity contribution in [1.29, 1.82) is 0 Å². The number of hydrogen-bond donors (Lipinski definition) is 1. The van der Waals surface area contributed by atoms with E-state index in [1.165, 1.54) is 0 Å². The van der Waals surface area contributed by atoms with Crippen LogP contribution in [-0.4, -0.2) is 14.9 Å². The molecule has 0 radical (unpaired) electrons. The number of aromatic nitrogens is 2. The fourth-order valence-electron chi connectivity index (χ4n) is 1.77. The van der Waals surface area contributed by atoms with Crippen LogP contribution in [-0.2, 0) is 13.5 Å². The Labute approximate surface area is 95.3 Å². The lowest BCUT2D eigenvalue weighted by atomic mass is 10.0. The minimum Gasteiger partial charge on any atom is -0.388 e. The maximum absolute atomic E-state index is 10.1. The van der Waals surface area contributed by atoms with Crippen molar-refractivity contribution in [2.45, 2.75) is 19.4 Å². The van der Waals surface area contributed by atoms with Gasteiger partial charge in [-0.25, -0.2) is 0 Å². The number of nitrogens with zero attached hydrogens (tertiary/aromatic N) is 2. The van der Waals surface area contributed by atoms with Crippen LogP contribution in [0.3, 0.4) is 0 Å². The van der Waals surface area contributed by atoms with Gasteiger partial charge in [0.2, 0.25) is 0 Å². The molecule has 0 spiro atoms. The second-order valence-corrected chi connectivity index (χ2v) is 4.11. The Morgan fingerprint density at radius 2 is 2.19 bits per heavy atom. The summed E-state index contributed by atoms with van der Waals surface area (Å²) in [4.78, 5) is 0. The first-order valence-electron chi connectivity index (χ1n) is 5.38. The van der Waals surface area contributed by atoms with E-state index in [1.54, 1.807) is 4.68 Å². The molecular formula is C13H16N2O. The van der Waals surface area contributed by atoms with Crippen LogP contribution in [0, 0.1) is 6.92 Å². The third kappa shape index (κ3) is 2.49. The molecule has 1 atom stereocenters. The highest BCUT2D eigenvalue weighted by Crippen LogP contribution is 2.18. The minimum atomic E-state index is -0.477. The van der Waals surface area contributed by atoms with Gasteiger partial charge in [-0.1, -0.05) is 29.8 Å². The van der Waals surface area contributed by atoms with E-state index in [1.807, 2.05) is 50.5 Å². The van der Waals surface area contributed by atoms with Gasteiger partial charge in [0.05, 0.1) is 11.8 Å². The van der Waals surface area contributed by atoms with Gasteiger partial charge in [0.15, 0.2) is 0 Å². The predicted molar refractivity (Wildman–Crippen MR) is 63.1 cm³/mol. The molecule has 0 saturated heterocycles. The quantitative estimate of drug-likeness (QED) is 0.852. The Morgan fingerprint density at radius 3 is 2.81 bits per heavy atom. The minimum absolute atomic E-state index is 0.477. The zero-order chi connectivity index (χ0) is 11.5. The Hall–Kier alpha value is -1.61. The van der Waals surface area contributed by atoms with Crippen LogP contribution in [0.1, 0.15) is 22.9 Å². The Kier molecular flexibility index (Phi) is 3.06. The monoisotopic (exact) mass is 216 g/mol. The summed E-state index contributed by atoms with van der Waals surface area (Å²) < 4.78 is 1.75. The molecule has 1 heterocycles. The van der Waals surface area contributed by atoms with Gasteiger partial charge in [0.1, 0.15) is 0 Å². The van der Waals surface area contributed by atoms with Crippen molar-refractivity contribution in [1.82, 2.24) is 9.78 Å². The van der Waals surface area contributed by atoms with E-state index < -0.39 is 6.10 Å². The van der Waals surface area contributed by atoms with E-state index >= 15 is 0 Å². The van der Waals surface area contributed by atoms with Gasteiger partial charge in [0.25, 0.3) is 0 Å². The molecule has 84 valence electrons. The molecule has 1 unspecified atom stereocenters. The second-order valence-electron chi connectivity index (χ2n) is 4.11. The van der Waals surface area contributed by atoms with Crippen LogP contribution in [0.15, 0.2) is 36.5 Å². The molecule has 16 heavy (non-hydrogen) atoms. The average molecular weight is 216 g/mol. The molecule has 0 aliphatic heterocycles. The molecule has 3 heteroatoms. The predicted octanol–water partition coefficient (Wildman–Crippen LogP) is 2.00. The maximum Gasteiger partial charge on any atom is 0.0846 e. The lowest BCUT2D eigenvalue weighted by Crippen LogP contribution is -2.03. The molecule has 0 aliphatic rings. The van der Waals surface area contributed by atoms with E-state index in [-0.39, 0.29) is 0 Å². The largest absolute Gasteiger partial charge is 0.388 e. The molecule has 2 rings (SSSR count). The molecule has 0 bridgehead atoms. The van der Waals surface area contributed by atoms with Crippen LogP contribution in [0.4, 0.5) is 0 Å². The van der Waals surface area contributed by atoms with Crippen molar-refractivity contribution >= 4 is 0 Å². The third-order valence-electron chi connectivity index (χ3n) is 2.60. The first-order valence-corrected chi connectivity index (χ1v) is 5.38. The number of hydrogen-bond acceptors (Lipinski definition) is 2. The molecule has 0 amide bonds. The Bertz CT molecular complexity index is 476. The van der Waals surface area contributed by atoms with Crippen molar-refractivity contribution < 1.29 is 5.11 Å². The number of benzene rings is 1. The lowest BCUT2D eigenvalue weighted by Gasteiger charge is -2.09. The van der Waals surface area contributed by atoms with Crippen LogP contribution in [0.5, 0.6) is 0 Å². The highest BCUT2D eigenvalue weighted by molar-refractivity contribution is 5.25. The van der Waals surface area contributed by atoms with Gasteiger partial charge in [0, 0.05) is 19.7 Å². The maximum atomic E-state index is 10.1. The summed E-state index contributed by atoms with van der Waals surface area (Å²) in [6, 6.07) is 9.87. The van der Waals surface area contributed by atoms with Crippen molar-refractivity contribution in [2.75, 3.05) is 0 Å². The molecule has 2 aromatic rings. The molecule has 0 aliphatic carbocycles. The van der Waals surface area contributed by atoms with E-state index in [9.17, 15) is 5.11 Å². The Morgan fingerprint density at radius 1 is 1.38 bits per heavy atom. The van der Waals surface area contributed by atoms with Crippen LogP contribution < -0.4 is 0 Å². The Balaban J connectivity index is 2.11. The highest BCUT2D eigenvalue weighted by Gasteiger charge is 2.10. The van der Waals surface area contributed by atoms with E-state index in [0.29, 0.717) is 6.42 Å². The standard InChI is InChI=1S/C13H16N2O/c1-10-4-3-5-11(8-10)13(16)9-12-6-7-15(2)14-12/h3-8,13,16H,9H2,1-2H3. The summed E-state index contributed by atoms with van der Waals surface area (Å²) >= 11 is 0. The summed E-state index contributed by atoms with van der Waals surface area (Å²) in [5.41, 5.74) is 3.03. The van der Waals surface area contributed by atoms with Gasteiger partial charge in [-0.05, 0) is 18.6 Å². The molecular weight excluding hydrogens is 200 g/mol.